The molecule has 1 aromatic heterocycles. The Morgan fingerprint density at radius 2 is 1.90 bits per heavy atom. The molecule has 2 aromatic carbocycles. The van der Waals surface area contributed by atoms with Crippen LogP contribution < -0.4 is 11.0 Å². The van der Waals surface area contributed by atoms with Crippen LogP contribution >= 0.6 is 0 Å². The van der Waals surface area contributed by atoms with Crippen LogP contribution in [0.4, 0.5) is 4.39 Å². The minimum atomic E-state index is -3.83. The Morgan fingerprint density at radius 3 is 2.50 bits per heavy atom. The summed E-state index contributed by atoms with van der Waals surface area (Å²) >= 11 is 0. The third-order valence-electron chi connectivity index (χ3n) is 4.82. The van der Waals surface area contributed by atoms with E-state index in [-0.39, 0.29) is 23.9 Å². The molecule has 0 saturated carbocycles. The van der Waals surface area contributed by atoms with E-state index < -0.39 is 32.4 Å². The largest absolute Gasteiger partial charge is 0.299 e. The summed E-state index contributed by atoms with van der Waals surface area (Å²) in [5.41, 5.74) is 3.19. The van der Waals surface area contributed by atoms with Crippen LogP contribution in [0, 0.1) is 12.7 Å². The normalized spacial score (nSPS) is 12.7. The highest BCUT2D eigenvalue weighted by molar-refractivity contribution is 7.92. The molecule has 0 aliphatic carbocycles. The molecule has 3 aromatic rings. The van der Waals surface area contributed by atoms with Crippen molar-refractivity contribution in [3.63, 3.8) is 0 Å². The molecule has 1 atom stereocenters. The van der Waals surface area contributed by atoms with E-state index in [1.165, 1.54) is 17.9 Å². The number of carbonyl (C=O) groups excluding carboxylic acids is 1. The maximum Gasteiger partial charge on any atom is 0.264 e. The average Bonchev–Trinajstić information content (AvgIpc) is 2.68. The number of fused-ring (bicyclic) bond motifs is 1. The first kappa shape index (κ1) is 21.6. The first-order chi connectivity index (χ1) is 14.1. The van der Waals surface area contributed by atoms with Crippen LogP contribution in [0.1, 0.15) is 12.0 Å². The van der Waals surface area contributed by atoms with E-state index in [1.54, 1.807) is 6.07 Å². The molecule has 0 aliphatic heterocycles. The zero-order chi connectivity index (χ0) is 22.1. The summed E-state index contributed by atoms with van der Waals surface area (Å²) in [6.07, 6.45) is 1.74. The van der Waals surface area contributed by atoms with Crippen LogP contribution in [0.25, 0.3) is 22.0 Å². The SMILES string of the molecule is Cc1ccc(-c2cc(F)c3c(=O)n(CCC(C(=O)NO)S(C)(=O)=O)cnc3c2)cc1. The molecule has 158 valence electrons. The van der Waals surface area contributed by atoms with E-state index in [4.69, 9.17) is 5.21 Å². The molecule has 1 unspecified atom stereocenters. The Labute approximate surface area is 171 Å². The lowest BCUT2D eigenvalue weighted by molar-refractivity contribution is -0.128. The van der Waals surface area contributed by atoms with Crippen molar-refractivity contribution in [2.45, 2.75) is 25.1 Å². The lowest BCUT2D eigenvalue weighted by Gasteiger charge is -2.14. The zero-order valence-corrected chi connectivity index (χ0v) is 17.1. The predicted octanol–water partition coefficient (Wildman–Crippen LogP) is 1.82. The Hall–Kier alpha value is -3.11. The summed E-state index contributed by atoms with van der Waals surface area (Å²) in [6, 6.07) is 10.3. The molecule has 0 bridgehead atoms. The number of aromatic nitrogens is 2. The topological polar surface area (TPSA) is 118 Å². The summed E-state index contributed by atoms with van der Waals surface area (Å²) in [7, 11) is -3.83. The summed E-state index contributed by atoms with van der Waals surface area (Å²) in [4.78, 5) is 28.5. The number of nitrogens with zero attached hydrogens (tertiary/aromatic N) is 2. The summed E-state index contributed by atoms with van der Waals surface area (Å²) < 4.78 is 39.3. The number of hydrogen-bond donors (Lipinski definition) is 2. The van der Waals surface area contributed by atoms with Gasteiger partial charge in [-0.05, 0) is 36.6 Å². The molecule has 30 heavy (non-hydrogen) atoms. The van der Waals surface area contributed by atoms with Crippen LogP contribution in [-0.4, -0.2) is 40.6 Å². The highest BCUT2D eigenvalue weighted by Crippen LogP contribution is 2.25. The smallest absolute Gasteiger partial charge is 0.264 e. The molecule has 3 rings (SSSR count). The third-order valence-corrected chi connectivity index (χ3v) is 6.30. The molecular formula is C20H20FN3O5S. The Morgan fingerprint density at radius 1 is 1.23 bits per heavy atom. The van der Waals surface area contributed by atoms with Crippen molar-refractivity contribution < 1.29 is 22.8 Å². The van der Waals surface area contributed by atoms with Gasteiger partial charge in [0.05, 0.1) is 11.8 Å². The van der Waals surface area contributed by atoms with Gasteiger partial charge < -0.3 is 0 Å². The van der Waals surface area contributed by atoms with Crippen LogP contribution in [0.5, 0.6) is 0 Å². The zero-order valence-electron chi connectivity index (χ0n) is 16.3. The number of hydroxylamine groups is 1. The molecule has 0 radical (unpaired) electrons. The Balaban J connectivity index is 1.97. The standard InChI is InChI=1S/C20H20FN3O5S/c1-12-3-5-13(6-4-12)14-9-15(21)18-16(10-14)22-11-24(20(18)26)8-7-17(19(25)23-27)30(2,28)29/h3-6,9-11,17,27H,7-8H2,1-2H3,(H,23,25). The van der Waals surface area contributed by atoms with Gasteiger partial charge in [0.2, 0.25) is 0 Å². The monoisotopic (exact) mass is 433 g/mol. The second kappa shape index (κ2) is 8.33. The summed E-state index contributed by atoms with van der Waals surface area (Å²) in [6.45, 7) is 1.74. The van der Waals surface area contributed by atoms with Gasteiger partial charge in [-0.1, -0.05) is 29.8 Å². The van der Waals surface area contributed by atoms with Crippen molar-refractivity contribution in [3.8, 4) is 11.1 Å². The van der Waals surface area contributed by atoms with Crippen molar-refractivity contribution in [2.75, 3.05) is 6.26 Å². The fourth-order valence-corrected chi connectivity index (χ4v) is 4.15. The molecule has 1 amide bonds. The van der Waals surface area contributed by atoms with Gasteiger partial charge >= 0.3 is 0 Å². The molecule has 1 heterocycles. The van der Waals surface area contributed by atoms with Gasteiger partial charge in [0.15, 0.2) is 9.84 Å². The van der Waals surface area contributed by atoms with E-state index in [0.717, 1.165) is 21.9 Å². The fraction of sp³-hybridized carbons (Fsp3) is 0.250. The van der Waals surface area contributed by atoms with Gasteiger partial charge in [-0.25, -0.2) is 23.3 Å². The lowest BCUT2D eigenvalue weighted by atomic mass is 10.0. The number of aryl methyl sites for hydroxylation is 2. The number of rotatable bonds is 6. The number of nitrogens with one attached hydrogen (secondary N) is 1. The maximum absolute atomic E-state index is 14.8. The van der Waals surface area contributed by atoms with Crippen LogP contribution in [-0.2, 0) is 21.2 Å². The van der Waals surface area contributed by atoms with Gasteiger partial charge in [-0.15, -0.1) is 0 Å². The predicted molar refractivity (Wildman–Crippen MR) is 109 cm³/mol. The summed E-state index contributed by atoms with van der Waals surface area (Å²) in [5, 5.41) is 6.96. The minimum absolute atomic E-state index is 0.166. The number of halogens is 1. The Bertz CT molecular complexity index is 1270. The maximum atomic E-state index is 14.8. The van der Waals surface area contributed by atoms with Crippen LogP contribution in [0.15, 0.2) is 47.5 Å². The number of hydrogen-bond acceptors (Lipinski definition) is 6. The van der Waals surface area contributed by atoms with Gasteiger partial charge in [-0.3, -0.25) is 19.4 Å². The average molecular weight is 433 g/mol. The number of amides is 1. The molecule has 2 N–H and O–H groups in total. The first-order valence-corrected chi connectivity index (χ1v) is 11.0. The quantitative estimate of drug-likeness (QED) is 0.452. The third kappa shape index (κ3) is 4.39. The minimum Gasteiger partial charge on any atom is -0.299 e. The second-order valence-electron chi connectivity index (χ2n) is 7.04. The second-order valence-corrected chi connectivity index (χ2v) is 9.27. The first-order valence-electron chi connectivity index (χ1n) is 9.00. The van der Waals surface area contributed by atoms with Crippen molar-refractivity contribution in [1.82, 2.24) is 15.0 Å². The van der Waals surface area contributed by atoms with E-state index in [2.05, 4.69) is 4.98 Å². The van der Waals surface area contributed by atoms with Crippen molar-refractivity contribution in [2.24, 2.45) is 0 Å². The number of benzene rings is 2. The molecule has 8 nitrogen and oxygen atoms in total. The van der Waals surface area contributed by atoms with Crippen LogP contribution in [0.2, 0.25) is 0 Å². The van der Waals surface area contributed by atoms with Crippen molar-refractivity contribution in [1.29, 1.82) is 0 Å². The van der Waals surface area contributed by atoms with Crippen molar-refractivity contribution >= 4 is 26.6 Å². The fourth-order valence-electron chi connectivity index (χ4n) is 3.17. The highest BCUT2D eigenvalue weighted by Gasteiger charge is 2.28. The van der Waals surface area contributed by atoms with Crippen LogP contribution in [0.3, 0.4) is 0 Å². The highest BCUT2D eigenvalue weighted by atomic mass is 32.2. The molecular weight excluding hydrogens is 413 g/mol. The molecule has 10 heteroatoms. The van der Waals surface area contributed by atoms with E-state index >= 15 is 0 Å². The Kier molecular flexibility index (Phi) is 5.99. The van der Waals surface area contributed by atoms with Crippen molar-refractivity contribution in [3.05, 3.63) is 64.5 Å². The van der Waals surface area contributed by atoms with Gasteiger partial charge in [0.1, 0.15) is 16.5 Å². The van der Waals surface area contributed by atoms with Gasteiger partial charge in [0.25, 0.3) is 11.5 Å². The molecule has 0 spiro atoms. The molecule has 0 aliphatic rings. The number of carbonyl (C=O) groups is 1. The van der Waals surface area contributed by atoms with E-state index in [9.17, 15) is 22.4 Å². The lowest BCUT2D eigenvalue weighted by Crippen LogP contribution is -2.39. The molecule has 0 saturated heterocycles. The van der Waals surface area contributed by atoms with Gasteiger partial charge in [0, 0.05) is 12.8 Å². The number of sulfone groups is 1. The van der Waals surface area contributed by atoms with Gasteiger partial charge in [-0.2, -0.15) is 0 Å². The summed E-state index contributed by atoms with van der Waals surface area (Å²) in [5.74, 6) is -1.85. The van der Waals surface area contributed by atoms with E-state index in [0.29, 0.717) is 5.56 Å². The van der Waals surface area contributed by atoms with E-state index in [1.807, 2.05) is 31.2 Å². The molecule has 0 fully saturated rings.